The monoisotopic (exact) mass is 766 g/mol. The summed E-state index contributed by atoms with van der Waals surface area (Å²) in [7, 11) is 0. The lowest BCUT2D eigenvalue weighted by Crippen LogP contribution is -2.02. The number of rotatable bonds is 10. The van der Waals surface area contributed by atoms with E-state index in [-0.39, 0.29) is 5.75 Å². The second-order valence-corrected chi connectivity index (χ2v) is 15.9. The van der Waals surface area contributed by atoms with Crippen molar-refractivity contribution in [2.45, 2.75) is 40.0 Å². The lowest BCUT2D eigenvalue weighted by molar-refractivity contribution is 0.477. The van der Waals surface area contributed by atoms with Crippen LogP contribution < -0.4 is 0 Å². The topological polar surface area (TPSA) is 50.9 Å². The molecule has 0 unspecified atom stereocenters. The molecule has 288 valence electrons. The maximum atomic E-state index is 11.3. The predicted octanol–water partition coefficient (Wildman–Crippen LogP) is 14.4. The highest BCUT2D eigenvalue weighted by Crippen LogP contribution is 2.41. The third-order valence-electron chi connectivity index (χ3n) is 11.1. The van der Waals surface area contributed by atoms with Crippen LogP contribution in [0, 0.1) is 5.92 Å². The molecule has 9 aromatic rings. The van der Waals surface area contributed by atoms with E-state index in [2.05, 4.69) is 146 Å². The van der Waals surface area contributed by atoms with E-state index in [9.17, 15) is 5.11 Å². The van der Waals surface area contributed by atoms with Gasteiger partial charge in [-0.25, -0.2) is 4.98 Å². The van der Waals surface area contributed by atoms with Gasteiger partial charge in [0, 0.05) is 24.4 Å². The fourth-order valence-electron chi connectivity index (χ4n) is 8.16. The summed E-state index contributed by atoms with van der Waals surface area (Å²) in [6.45, 7) is 8.34. The number of phenols is 1. The average molecular weight is 767 g/mol. The van der Waals surface area contributed by atoms with E-state index in [1.807, 2.05) is 62.5 Å². The highest BCUT2D eigenvalue weighted by Gasteiger charge is 2.21. The first-order valence-electron chi connectivity index (χ1n) is 20.9. The fourth-order valence-corrected chi connectivity index (χ4v) is 8.16. The number of nitrogens with zero attached hydrogens (tertiary/aromatic N) is 3. The highest BCUT2D eigenvalue weighted by atomic mass is 16.3. The van der Waals surface area contributed by atoms with Crippen LogP contribution in [0.25, 0.3) is 83.9 Å². The van der Waals surface area contributed by atoms with Crippen LogP contribution in [0.2, 0.25) is 0 Å². The number of aromatic nitrogens is 3. The molecule has 0 aliphatic heterocycles. The SMILES string of the molecule is [2H]C(C)(C)c1ccc(-c2ccnc(-c3cc(-c4ccccc4)cc(-c4cccc5c4nc(-c4ccccc4O)n5-c4ccc(-c5ccccc5)c(CC(C)C)c4)c3)c2)cc1. The fraction of sp³-hybridized carbons (Fsp3) is 0.127. The van der Waals surface area contributed by atoms with E-state index in [0.717, 1.165) is 73.3 Å². The number of aromatic hydroxyl groups is 1. The molecular formula is C55H47N3O. The molecule has 0 amide bonds. The van der Waals surface area contributed by atoms with Crippen LogP contribution in [0.15, 0.2) is 182 Å². The zero-order chi connectivity index (χ0) is 41.4. The summed E-state index contributed by atoms with van der Waals surface area (Å²) in [5, 5.41) is 11.3. The normalized spacial score (nSPS) is 11.9. The molecule has 7 aromatic carbocycles. The van der Waals surface area contributed by atoms with Gasteiger partial charge in [0.25, 0.3) is 0 Å². The number of pyridine rings is 1. The van der Waals surface area contributed by atoms with Gasteiger partial charge in [-0.05, 0) is 129 Å². The van der Waals surface area contributed by atoms with Crippen LogP contribution in [0.1, 0.15) is 46.1 Å². The smallest absolute Gasteiger partial charge is 0.149 e. The molecule has 0 aliphatic rings. The molecule has 0 radical (unpaired) electrons. The number of phenolic OH excluding ortho intramolecular Hbond substituents is 1. The van der Waals surface area contributed by atoms with Gasteiger partial charge >= 0.3 is 0 Å². The maximum Gasteiger partial charge on any atom is 0.149 e. The largest absolute Gasteiger partial charge is 0.507 e. The van der Waals surface area contributed by atoms with Crippen molar-refractivity contribution in [1.29, 1.82) is 0 Å². The number of fused-ring (bicyclic) bond motifs is 1. The Morgan fingerprint density at radius 1 is 0.542 bits per heavy atom. The van der Waals surface area contributed by atoms with Crippen LogP contribution in [0.3, 0.4) is 0 Å². The Balaban J connectivity index is 1.24. The molecule has 0 spiro atoms. The van der Waals surface area contributed by atoms with Crippen molar-refractivity contribution >= 4 is 11.0 Å². The van der Waals surface area contributed by atoms with Gasteiger partial charge in [-0.15, -0.1) is 0 Å². The number of hydrogen-bond acceptors (Lipinski definition) is 3. The van der Waals surface area contributed by atoms with E-state index in [4.69, 9.17) is 11.3 Å². The average Bonchev–Trinajstić information content (AvgIpc) is 3.66. The second kappa shape index (κ2) is 16.1. The summed E-state index contributed by atoms with van der Waals surface area (Å²) in [5.74, 6) is 0.638. The Labute approximate surface area is 348 Å². The van der Waals surface area contributed by atoms with Crippen molar-refractivity contribution in [3.63, 3.8) is 0 Å². The highest BCUT2D eigenvalue weighted by molar-refractivity contribution is 5.97. The van der Waals surface area contributed by atoms with Gasteiger partial charge in [-0.3, -0.25) is 9.55 Å². The van der Waals surface area contributed by atoms with Gasteiger partial charge in [-0.1, -0.05) is 143 Å². The number of hydrogen-bond donors (Lipinski definition) is 1. The Kier molecular flexibility index (Phi) is 9.89. The van der Waals surface area contributed by atoms with Crippen LogP contribution in [0.4, 0.5) is 0 Å². The van der Waals surface area contributed by atoms with Crippen LogP contribution in [-0.2, 0) is 6.42 Å². The first-order valence-corrected chi connectivity index (χ1v) is 20.4. The van der Waals surface area contributed by atoms with Gasteiger partial charge in [0.15, 0.2) is 0 Å². The second-order valence-electron chi connectivity index (χ2n) is 15.9. The summed E-state index contributed by atoms with van der Waals surface area (Å²) in [5.41, 5.74) is 16.2. The van der Waals surface area contributed by atoms with Crippen molar-refractivity contribution in [1.82, 2.24) is 14.5 Å². The van der Waals surface area contributed by atoms with Gasteiger partial charge in [0.2, 0.25) is 0 Å². The molecule has 0 saturated carbocycles. The van der Waals surface area contributed by atoms with E-state index in [0.29, 0.717) is 17.3 Å². The molecule has 59 heavy (non-hydrogen) atoms. The van der Waals surface area contributed by atoms with Crippen molar-refractivity contribution in [2.24, 2.45) is 5.92 Å². The molecular weight excluding hydrogens is 719 g/mol. The molecule has 4 nitrogen and oxygen atoms in total. The summed E-state index contributed by atoms with van der Waals surface area (Å²) in [6, 6.07) is 60.7. The minimum absolute atomic E-state index is 0.177. The Morgan fingerprint density at radius 2 is 1.20 bits per heavy atom. The molecule has 2 aromatic heterocycles. The molecule has 0 bridgehead atoms. The third kappa shape index (κ3) is 7.58. The summed E-state index contributed by atoms with van der Waals surface area (Å²) < 4.78 is 10.7. The molecule has 0 fully saturated rings. The molecule has 2 heterocycles. The van der Waals surface area contributed by atoms with Gasteiger partial charge in [0.05, 0.1) is 22.3 Å². The van der Waals surface area contributed by atoms with Gasteiger partial charge in [0.1, 0.15) is 11.6 Å². The first-order chi connectivity index (χ1) is 29.1. The Morgan fingerprint density at radius 3 is 1.93 bits per heavy atom. The molecule has 0 aliphatic carbocycles. The number of para-hydroxylation sites is 2. The third-order valence-corrected chi connectivity index (χ3v) is 11.1. The minimum atomic E-state index is -0.666. The van der Waals surface area contributed by atoms with E-state index >= 15 is 0 Å². The van der Waals surface area contributed by atoms with Crippen molar-refractivity contribution in [3.8, 4) is 78.6 Å². The lowest BCUT2D eigenvalue weighted by atomic mass is 9.93. The first kappa shape index (κ1) is 36.3. The molecule has 9 rings (SSSR count). The Hall–Kier alpha value is -7.04. The molecule has 1 N–H and O–H groups in total. The zero-order valence-electron chi connectivity index (χ0n) is 34.9. The van der Waals surface area contributed by atoms with Crippen molar-refractivity contribution in [2.75, 3.05) is 0 Å². The van der Waals surface area contributed by atoms with E-state index < -0.39 is 5.89 Å². The van der Waals surface area contributed by atoms with Crippen molar-refractivity contribution < 1.29 is 6.48 Å². The summed E-state index contributed by atoms with van der Waals surface area (Å²) >= 11 is 0. The molecule has 0 atom stereocenters. The quantitative estimate of drug-likeness (QED) is 0.151. The van der Waals surface area contributed by atoms with Gasteiger partial charge in [-0.2, -0.15) is 0 Å². The maximum absolute atomic E-state index is 11.3. The number of benzene rings is 7. The van der Waals surface area contributed by atoms with E-state index in [1.165, 1.54) is 16.7 Å². The predicted molar refractivity (Wildman–Crippen MR) is 246 cm³/mol. The lowest BCUT2D eigenvalue weighted by Gasteiger charge is -2.17. The number of imidazole rings is 1. The standard InChI is InChI=1S/C55H47N3O/c1-36(2)30-44-34-47(26-27-48(44)41-16-9-6-10-17-41)58-52-20-13-19-49(54(52)57-55(58)50-18-11-12-21-53(50)59)45-31-43(39-14-7-5-8-15-39)32-46(33-45)51-35-42(28-29-56-51)40-24-22-38(23-25-40)37(3)4/h5-29,31-37,59H,30H2,1-4H3/i37D. The van der Waals surface area contributed by atoms with Gasteiger partial charge < -0.3 is 5.11 Å². The van der Waals surface area contributed by atoms with E-state index in [1.54, 1.807) is 6.07 Å². The summed E-state index contributed by atoms with van der Waals surface area (Å²) in [4.78, 5) is 10.3. The van der Waals surface area contributed by atoms with Crippen molar-refractivity contribution in [3.05, 3.63) is 193 Å². The minimum Gasteiger partial charge on any atom is -0.507 e. The summed E-state index contributed by atoms with van der Waals surface area (Å²) in [6.07, 6.45) is 2.79. The van der Waals surface area contributed by atoms with Crippen LogP contribution in [0.5, 0.6) is 5.75 Å². The molecule has 0 saturated heterocycles. The van der Waals surface area contributed by atoms with Crippen LogP contribution >= 0.6 is 0 Å². The van der Waals surface area contributed by atoms with Crippen LogP contribution in [-0.4, -0.2) is 19.6 Å². The molecule has 4 heteroatoms. The zero-order valence-corrected chi connectivity index (χ0v) is 33.9. The Bertz CT molecular complexity index is 2960.